The highest BCUT2D eigenvalue weighted by molar-refractivity contribution is 7.95. The second-order valence-corrected chi connectivity index (χ2v) is 7.90. The maximum atomic E-state index is 12.6. The highest BCUT2D eigenvalue weighted by Crippen LogP contribution is 2.37. The first-order chi connectivity index (χ1) is 10.6. The van der Waals surface area contributed by atoms with Crippen molar-refractivity contribution in [3.8, 4) is 0 Å². The molecule has 0 aliphatic heterocycles. The molecule has 1 aliphatic carbocycles. The molecule has 2 aromatic rings. The van der Waals surface area contributed by atoms with E-state index in [0.29, 0.717) is 16.2 Å². The molecule has 1 atom stereocenters. The molecule has 0 amide bonds. The first kappa shape index (κ1) is 15.0. The lowest BCUT2D eigenvalue weighted by molar-refractivity contribution is 0.548. The number of hydrogen-bond acceptors (Lipinski definition) is 2. The Labute approximate surface area is 132 Å². The molecule has 1 aliphatic rings. The van der Waals surface area contributed by atoms with E-state index in [1.54, 1.807) is 24.3 Å². The van der Waals surface area contributed by atoms with Gasteiger partial charge in [-0.25, -0.2) is 8.42 Å². The molecule has 0 heterocycles. The molecule has 0 fully saturated rings. The molecule has 3 rings (SSSR count). The zero-order valence-electron chi connectivity index (χ0n) is 12.5. The minimum absolute atomic E-state index is 0.260. The van der Waals surface area contributed by atoms with Crippen molar-refractivity contribution in [3.05, 3.63) is 77.2 Å². The van der Waals surface area contributed by atoms with Crippen molar-refractivity contribution < 1.29 is 8.42 Å². The van der Waals surface area contributed by atoms with Gasteiger partial charge in [-0.05, 0) is 54.9 Å². The van der Waals surface area contributed by atoms with Crippen molar-refractivity contribution in [2.45, 2.75) is 36.5 Å². The number of benzene rings is 2. The van der Waals surface area contributed by atoms with Gasteiger partial charge >= 0.3 is 0 Å². The number of sulfone groups is 1. The normalized spacial score (nSPS) is 17.7. The van der Waals surface area contributed by atoms with Crippen LogP contribution in [0.4, 0.5) is 0 Å². The number of allylic oxidation sites excluding steroid dienone is 1. The van der Waals surface area contributed by atoms with Gasteiger partial charge in [-0.15, -0.1) is 0 Å². The highest BCUT2D eigenvalue weighted by atomic mass is 32.2. The number of aryl methyl sites for hydroxylation is 1. The third-order valence-corrected chi connectivity index (χ3v) is 6.22. The Hall–Kier alpha value is -1.87. The van der Waals surface area contributed by atoms with E-state index >= 15 is 0 Å². The van der Waals surface area contributed by atoms with Crippen molar-refractivity contribution in [1.82, 2.24) is 0 Å². The Bertz CT molecular complexity index is 776. The second kappa shape index (κ2) is 6.09. The molecule has 0 radical (unpaired) electrons. The van der Waals surface area contributed by atoms with Crippen LogP contribution in [0.5, 0.6) is 0 Å². The molecule has 0 saturated heterocycles. The third-order valence-electron chi connectivity index (χ3n) is 4.40. The van der Waals surface area contributed by atoms with Crippen molar-refractivity contribution in [2.24, 2.45) is 0 Å². The van der Waals surface area contributed by atoms with Crippen LogP contribution in [0.2, 0.25) is 0 Å². The van der Waals surface area contributed by atoms with Gasteiger partial charge in [0.1, 0.15) is 0 Å². The number of rotatable bonds is 4. The quantitative estimate of drug-likeness (QED) is 0.834. The predicted molar refractivity (Wildman–Crippen MR) is 89.5 cm³/mol. The van der Waals surface area contributed by atoms with E-state index in [-0.39, 0.29) is 5.92 Å². The van der Waals surface area contributed by atoms with Gasteiger partial charge in [-0.1, -0.05) is 49.0 Å². The molecule has 2 aromatic carbocycles. The SMILES string of the molecule is C=C(CC1CCCc2ccccc21)S(=O)(=O)c1ccccc1. The Morgan fingerprint density at radius 1 is 1.05 bits per heavy atom. The van der Waals surface area contributed by atoms with E-state index in [4.69, 9.17) is 0 Å². The highest BCUT2D eigenvalue weighted by Gasteiger charge is 2.25. The Morgan fingerprint density at radius 2 is 1.73 bits per heavy atom. The van der Waals surface area contributed by atoms with Gasteiger partial charge in [0.25, 0.3) is 0 Å². The van der Waals surface area contributed by atoms with Crippen LogP contribution in [-0.2, 0) is 16.3 Å². The van der Waals surface area contributed by atoms with Gasteiger partial charge in [0.2, 0.25) is 9.84 Å². The van der Waals surface area contributed by atoms with E-state index < -0.39 is 9.84 Å². The molecule has 0 aromatic heterocycles. The zero-order chi connectivity index (χ0) is 15.6. The van der Waals surface area contributed by atoms with Crippen LogP contribution >= 0.6 is 0 Å². The van der Waals surface area contributed by atoms with Crippen LogP contribution in [-0.4, -0.2) is 8.42 Å². The summed E-state index contributed by atoms with van der Waals surface area (Å²) in [5.41, 5.74) is 2.64. The fraction of sp³-hybridized carbons (Fsp3) is 0.263. The van der Waals surface area contributed by atoms with Gasteiger partial charge in [-0.2, -0.15) is 0 Å². The summed E-state index contributed by atoms with van der Waals surface area (Å²) in [5, 5.41) is 0. The summed E-state index contributed by atoms with van der Waals surface area (Å²) in [5.74, 6) is 0.260. The van der Waals surface area contributed by atoms with E-state index in [1.165, 1.54) is 11.1 Å². The third kappa shape index (κ3) is 2.86. The van der Waals surface area contributed by atoms with E-state index in [1.807, 2.05) is 12.1 Å². The Kier molecular flexibility index (Phi) is 4.16. The zero-order valence-corrected chi connectivity index (χ0v) is 13.4. The monoisotopic (exact) mass is 312 g/mol. The molecule has 3 heteroatoms. The predicted octanol–water partition coefficient (Wildman–Crippen LogP) is 4.48. The molecule has 2 nitrogen and oxygen atoms in total. The lowest BCUT2D eigenvalue weighted by atomic mass is 9.81. The molecule has 0 bridgehead atoms. The van der Waals surface area contributed by atoms with Crippen LogP contribution in [0.25, 0.3) is 0 Å². The minimum atomic E-state index is -3.44. The van der Waals surface area contributed by atoms with Crippen molar-refractivity contribution in [2.75, 3.05) is 0 Å². The average molecular weight is 312 g/mol. The molecule has 0 saturated carbocycles. The lowest BCUT2D eigenvalue weighted by Gasteiger charge is -2.26. The molecule has 22 heavy (non-hydrogen) atoms. The smallest absolute Gasteiger partial charge is 0.202 e. The van der Waals surface area contributed by atoms with Gasteiger partial charge in [0, 0.05) is 4.91 Å². The number of hydrogen-bond donors (Lipinski definition) is 0. The molecule has 114 valence electrons. The topological polar surface area (TPSA) is 34.1 Å². The lowest BCUT2D eigenvalue weighted by Crippen LogP contribution is -2.13. The largest absolute Gasteiger partial charge is 0.219 e. The van der Waals surface area contributed by atoms with Crippen molar-refractivity contribution in [1.29, 1.82) is 0 Å². The van der Waals surface area contributed by atoms with Crippen LogP contribution in [0.1, 0.15) is 36.3 Å². The molecule has 0 spiro atoms. The van der Waals surface area contributed by atoms with Crippen LogP contribution in [0.3, 0.4) is 0 Å². The van der Waals surface area contributed by atoms with Gasteiger partial charge in [0.05, 0.1) is 4.90 Å². The average Bonchev–Trinajstić information content (AvgIpc) is 2.56. The first-order valence-corrected chi connectivity index (χ1v) is 9.13. The standard InChI is InChI=1S/C19H20O2S/c1-15(22(20,21)18-11-3-2-4-12-18)14-17-10-7-9-16-8-5-6-13-19(16)17/h2-6,8,11-13,17H,1,7,9-10,14H2. The second-order valence-electron chi connectivity index (χ2n) is 5.85. The summed E-state index contributed by atoms with van der Waals surface area (Å²) in [4.78, 5) is 0.657. The summed E-state index contributed by atoms with van der Waals surface area (Å²) < 4.78 is 25.2. The van der Waals surface area contributed by atoms with Crippen LogP contribution in [0.15, 0.2) is 71.0 Å². The summed E-state index contributed by atoms with van der Waals surface area (Å²) in [6.45, 7) is 3.88. The molecule has 1 unspecified atom stereocenters. The van der Waals surface area contributed by atoms with E-state index in [0.717, 1.165) is 19.3 Å². The maximum absolute atomic E-state index is 12.6. The molecular weight excluding hydrogens is 292 g/mol. The Balaban J connectivity index is 1.84. The van der Waals surface area contributed by atoms with Crippen LogP contribution in [0, 0.1) is 0 Å². The Morgan fingerprint density at radius 3 is 2.50 bits per heavy atom. The fourth-order valence-corrected chi connectivity index (χ4v) is 4.49. The van der Waals surface area contributed by atoms with E-state index in [9.17, 15) is 8.42 Å². The van der Waals surface area contributed by atoms with E-state index in [2.05, 4.69) is 24.8 Å². The molecular formula is C19H20O2S. The maximum Gasteiger partial charge on any atom is 0.202 e. The molecule has 0 N–H and O–H groups in total. The summed E-state index contributed by atoms with van der Waals surface area (Å²) in [6.07, 6.45) is 3.74. The summed E-state index contributed by atoms with van der Waals surface area (Å²) in [6, 6.07) is 16.9. The number of fused-ring (bicyclic) bond motifs is 1. The summed E-state index contributed by atoms with van der Waals surface area (Å²) in [7, 11) is -3.44. The van der Waals surface area contributed by atoms with Crippen LogP contribution < -0.4 is 0 Å². The van der Waals surface area contributed by atoms with Gasteiger partial charge in [-0.3, -0.25) is 0 Å². The van der Waals surface area contributed by atoms with Crippen molar-refractivity contribution >= 4 is 9.84 Å². The van der Waals surface area contributed by atoms with Crippen molar-refractivity contribution in [3.63, 3.8) is 0 Å². The minimum Gasteiger partial charge on any atom is -0.219 e. The first-order valence-electron chi connectivity index (χ1n) is 7.65. The van der Waals surface area contributed by atoms with Gasteiger partial charge < -0.3 is 0 Å². The van der Waals surface area contributed by atoms with Gasteiger partial charge in [0.15, 0.2) is 0 Å². The fourth-order valence-electron chi connectivity index (χ4n) is 3.22. The summed E-state index contributed by atoms with van der Waals surface area (Å²) >= 11 is 0.